The van der Waals surface area contributed by atoms with Crippen LogP contribution in [0.5, 0.6) is 0 Å². The molecule has 0 unspecified atom stereocenters. The summed E-state index contributed by atoms with van der Waals surface area (Å²) in [6.07, 6.45) is 13.3. The Bertz CT molecular complexity index is 514. The molecule has 1 rings (SSSR count). The van der Waals surface area contributed by atoms with Crippen molar-refractivity contribution < 1.29 is 19.1 Å². The summed E-state index contributed by atoms with van der Waals surface area (Å²) in [6, 6.07) is 0. The summed E-state index contributed by atoms with van der Waals surface area (Å²) in [5.74, 6) is 0.360. The normalized spacial score (nSPS) is 14.6. The summed E-state index contributed by atoms with van der Waals surface area (Å²) in [5, 5.41) is 0. The molecule has 140 valence electrons. The van der Waals surface area contributed by atoms with E-state index in [0.717, 1.165) is 50.5 Å². The van der Waals surface area contributed by atoms with Crippen LogP contribution >= 0.6 is 0 Å². The summed E-state index contributed by atoms with van der Waals surface area (Å²) in [5.41, 5.74) is 2.08. The summed E-state index contributed by atoms with van der Waals surface area (Å²) < 4.78 is 4.60. The first-order chi connectivity index (χ1) is 12.1. The Hall–Kier alpha value is -1.71. The van der Waals surface area contributed by atoms with E-state index in [-0.39, 0.29) is 11.8 Å². The maximum Gasteiger partial charge on any atom is 0.305 e. The van der Waals surface area contributed by atoms with Crippen molar-refractivity contribution >= 4 is 17.5 Å². The molecule has 4 heteroatoms. The second kappa shape index (κ2) is 12.6. The second-order valence-electron chi connectivity index (χ2n) is 6.64. The molecule has 0 bridgehead atoms. The van der Waals surface area contributed by atoms with Gasteiger partial charge in [-0.2, -0.15) is 0 Å². The minimum Gasteiger partial charge on any atom is -0.469 e. The molecular formula is C21H32O4. The van der Waals surface area contributed by atoms with Crippen LogP contribution in [0.4, 0.5) is 0 Å². The summed E-state index contributed by atoms with van der Waals surface area (Å²) >= 11 is 0. The number of carbonyl (C=O) groups is 3. The van der Waals surface area contributed by atoms with Crippen LogP contribution in [0.2, 0.25) is 0 Å². The third-order valence-corrected chi connectivity index (χ3v) is 4.65. The average molecular weight is 348 g/mol. The highest BCUT2D eigenvalue weighted by molar-refractivity contribution is 5.99. The number of hydrogen-bond acceptors (Lipinski definition) is 4. The smallest absolute Gasteiger partial charge is 0.305 e. The molecule has 0 aromatic rings. The van der Waals surface area contributed by atoms with Crippen LogP contribution < -0.4 is 0 Å². The minimum absolute atomic E-state index is 0.187. The van der Waals surface area contributed by atoms with Gasteiger partial charge in [-0.1, -0.05) is 37.5 Å². The molecule has 0 aromatic heterocycles. The van der Waals surface area contributed by atoms with Crippen molar-refractivity contribution in [2.45, 2.75) is 84.0 Å². The molecule has 0 fully saturated rings. The van der Waals surface area contributed by atoms with Crippen molar-refractivity contribution in [1.82, 2.24) is 0 Å². The number of hydrogen-bond donors (Lipinski definition) is 0. The largest absolute Gasteiger partial charge is 0.469 e. The average Bonchev–Trinajstić information content (AvgIpc) is 2.96. The molecule has 0 atom stereocenters. The third kappa shape index (κ3) is 8.80. The molecule has 0 heterocycles. The van der Waals surface area contributed by atoms with Gasteiger partial charge in [-0.25, -0.2) is 0 Å². The van der Waals surface area contributed by atoms with E-state index in [4.69, 9.17) is 0 Å². The number of methoxy groups -OCH3 is 1. The van der Waals surface area contributed by atoms with Gasteiger partial charge in [0.25, 0.3) is 0 Å². The van der Waals surface area contributed by atoms with Crippen LogP contribution in [0.15, 0.2) is 23.3 Å². The topological polar surface area (TPSA) is 60.4 Å². The predicted octanol–water partition coefficient (Wildman–Crippen LogP) is 4.87. The van der Waals surface area contributed by atoms with E-state index < -0.39 is 0 Å². The van der Waals surface area contributed by atoms with Crippen LogP contribution in [0, 0.1) is 0 Å². The molecule has 4 nitrogen and oxygen atoms in total. The number of carbonyl (C=O) groups excluding carboxylic acids is 3. The van der Waals surface area contributed by atoms with Gasteiger partial charge >= 0.3 is 5.97 Å². The van der Waals surface area contributed by atoms with Crippen molar-refractivity contribution in [3.8, 4) is 0 Å². The Kier molecular flexibility index (Phi) is 10.8. The van der Waals surface area contributed by atoms with Crippen molar-refractivity contribution in [3.63, 3.8) is 0 Å². The lowest BCUT2D eigenvalue weighted by atomic mass is 9.99. The second-order valence-corrected chi connectivity index (χ2v) is 6.64. The zero-order chi connectivity index (χ0) is 18.5. The Morgan fingerprint density at radius 2 is 1.84 bits per heavy atom. The zero-order valence-corrected chi connectivity index (χ0v) is 15.8. The Labute approximate surface area is 151 Å². The first-order valence-electron chi connectivity index (χ1n) is 9.56. The fourth-order valence-corrected chi connectivity index (χ4v) is 3.07. The number of allylic oxidation sites excluding steroid dienone is 4. The van der Waals surface area contributed by atoms with Crippen molar-refractivity contribution in [2.75, 3.05) is 7.11 Å². The van der Waals surface area contributed by atoms with Gasteiger partial charge in [0.15, 0.2) is 5.78 Å². The van der Waals surface area contributed by atoms with Crippen molar-refractivity contribution in [1.29, 1.82) is 0 Å². The maximum absolute atomic E-state index is 12.1. The Balaban J connectivity index is 2.37. The highest BCUT2D eigenvalue weighted by Gasteiger charge is 2.21. The van der Waals surface area contributed by atoms with Gasteiger partial charge < -0.3 is 4.74 Å². The summed E-state index contributed by atoms with van der Waals surface area (Å²) in [7, 11) is 1.40. The van der Waals surface area contributed by atoms with Gasteiger partial charge in [0.1, 0.15) is 5.78 Å². The van der Waals surface area contributed by atoms with Gasteiger partial charge in [0, 0.05) is 25.7 Å². The fraction of sp³-hybridized carbons (Fsp3) is 0.667. The highest BCUT2D eigenvalue weighted by atomic mass is 16.5. The Morgan fingerprint density at radius 1 is 1.04 bits per heavy atom. The lowest BCUT2D eigenvalue weighted by Crippen LogP contribution is -2.00. The molecule has 0 aliphatic heterocycles. The number of ether oxygens (including phenoxy) is 1. The zero-order valence-electron chi connectivity index (χ0n) is 15.8. The SMILES string of the molecule is CCCCCC(=O)CCC1=C(CC=CCCCC(=O)OC)C(=O)CC1. The van der Waals surface area contributed by atoms with Gasteiger partial charge in [0.2, 0.25) is 0 Å². The summed E-state index contributed by atoms with van der Waals surface area (Å²) in [6.45, 7) is 2.13. The maximum atomic E-state index is 12.1. The number of esters is 1. The van der Waals surface area contributed by atoms with E-state index >= 15 is 0 Å². The van der Waals surface area contributed by atoms with Gasteiger partial charge in [0.05, 0.1) is 7.11 Å². The molecule has 1 aliphatic rings. The quantitative estimate of drug-likeness (QED) is 0.271. The predicted molar refractivity (Wildman–Crippen MR) is 99.3 cm³/mol. The van der Waals surface area contributed by atoms with E-state index in [1.165, 1.54) is 12.7 Å². The molecule has 0 saturated heterocycles. The van der Waals surface area contributed by atoms with Crippen LogP contribution in [0.25, 0.3) is 0 Å². The van der Waals surface area contributed by atoms with Crippen LogP contribution in [0.3, 0.4) is 0 Å². The summed E-state index contributed by atoms with van der Waals surface area (Å²) in [4.78, 5) is 35.0. The van der Waals surface area contributed by atoms with Crippen LogP contribution in [-0.4, -0.2) is 24.6 Å². The van der Waals surface area contributed by atoms with Gasteiger partial charge in [-0.15, -0.1) is 0 Å². The highest BCUT2D eigenvalue weighted by Crippen LogP contribution is 2.29. The molecule has 25 heavy (non-hydrogen) atoms. The molecule has 0 spiro atoms. The molecule has 0 saturated carbocycles. The van der Waals surface area contributed by atoms with Crippen molar-refractivity contribution in [3.05, 3.63) is 23.3 Å². The number of rotatable bonds is 13. The molecule has 0 aromatic carbocycles. The first kappa shape index (κ1) is 21.3. The van der Waals surface area contributed by atoms with Gasteiger partial charge in [-0.3, -0.25) is 14.4 Å². The first-order valence-corrected chi connectivity index (χ1v) is 9.56. The standard InChI is InChI=1S/C21H32O4/c1-3-4-7-10-18(22)15-13-17-14-16-20(23)19(17)11-8-5-6-9-12-21(24)25-2/h5,8H,3-4,6-7,9-16H2,1-2H3. The van der Waals surface area contributed by atoms with Gasteiger partial charge in [-0.05, 0) is 44.1 Å². The van der Waals surface area contributed by atoms with Crippen LogP contribution in [0.1, 0.15) is 84.0 Å². The molecule has 0 amide bonds. The van der Waals surface area contributed by atoms with E-state index in [9.17, 15) is 14.4 Å². The molecular weight excluding hydrogens is 316 g/mol. The molecule has 0 N–H and O–H groups in total. The monoisotopic (exact) mass is 348 g/mol. The third-order valence-electron chi connectivity index (χ3n) is 4.65. The number of Topliss-reactive ketones (excluding diaryl/α,β-unsaturated/α-hetero) is 2. The minimum atomic E-state index is -0.187. The van der Waals surface area contributed by atoms with E-state index in [2.05, 4.69) is 11.7 Å². The van der Waals surface area contributed by atoms with E-state index in [0.29, 0.717) is 37.9 Å². The number of ketones is 2. The van der Waals surface area contributed by atoms with E-state index in [1.807, 2.05) is 12.2 Å². The lowest BCUT2D eigenvalue weighted by molar-refractivity contribution is -0.140. The lowest BCUT2D eigenvalue weighted by Gasteiger charge is -2.05. The fourth-order valence-electron chi connectivity index (χ4n) is 3.07. The molecule has 0 radical (unpaired) electrons. The van der Waals surface area contributed by atoms with Crippen LogP contribution in [-0.2, 0) is 19.1 Å². The van der Waals surface area contributed by atoms with E-state index in [1.54, 1.807) is 0 Å². The van der Waals surface area contributed by atoms with Crippen molar-refractivity contribution in [2.24, 2.45) is 0 Å². The molecule has 1 aliphatic carbocycles. The number of unbranched alkanes of at least 4 members (excludes halogenated alkanes) is 3. The Morgan fingerprint density at radius 3 is 2.56 bits per heavy atom.